The van der Waals surface area contributed by atoms with Gasteiger partial charge in [-0.25, -0.2) is 8.78 Å². The molecule has 2 aromatic rings. The van der Waals surface area contributed by atoms with Gasteiger partial charge in [0.15, 0.2) is 5.84 Å². The van der Waals surface area contributed by atoms with Crippen molar-refractivity contribution in [1.82, 2.24) is 0 Å². The van der Waals surface area contributed by atoms with E-state index >= 15 is 0 Å². The van der Waals surface area contributed by atoms with Crippen LogP contribution in [0, 0.1) is 11.6 Å². The van der Waals surface area contributed by atoms with Crippen LogP contribution < -0.4 is 11.1 Å². The Bertz CT molecular complexity index is 700. The number of hydrogen-bond donors (Lipinski definition) is 3. The van der Waals surface area contributed by atoms with E-state index < -0.39 is 17.5 Å². The highest BCUT2D eigenvalue weighted by Crippen LogP contribution is 2.18. The maximum Gasteiger partial charge on any atom is 0.255 e. The molecule has 0 saturated carbocycles. The minimum absolute atomic E-state index is 0.0351. The Labute approximate surface area is 118 Å². The van der Waals surface area contributed by atoms with Crippen LogP contribution in [0.2, 0.25) is 0 Å². The molecule has 0 aliphatic carbocycles. The molecule has 1 amide bonds. The number of halogens is 2. The van der Waals surface area contributed by atoms with Crippen molar-refractivity contribution >= 4 is 17.4 Å². The van der Waals surface area contributed by atoms with Gasteiger partial charge in [-0.3, -0.25) is 4.79 Å². The molecule has 0 atom stereocenters. The number of hydrogen-bond acceptors (Lipinski definition) is 3. The van der Waals surface area contributed by atoms with E-state index in [1.807, 2.05) is 0 Å². The van der Waals surface area contributed by atoms with E-state index in [1.54, 1.807) is 0 Å². The fourth-order valence-corrected chi connectivity index (χ4v) is 1.69. The maximum atomic E-state index is 13.2. The number of carbonyl (C=O) groups excluding carboxylic acids is 1. The number of nitrogens with zero attached hydrogens (tertiary/aromatic N) is 1. The second-order valence-electron chi connectivity index (χ2n) is 4.14. The molecular weight excluding hydrogens is 280 g/mol. The van der Waals surface area contributed by atoms with Crippen molar-refractivity contribution in [2.45, 2.75) is 0 Å². The van der Waals surface area contributed by atoms with Gasteiger partial charge in [0, 0.05) is 11.1 Å². The van der Waals surface area contributed by atoms with Gasteiger partial charge in [0.2, 0.25) is 0 Å². The van der Waals surface area contributed by atoms with E-state index in [9.17, 15) is 13.6 Å². The molecule has 0 heterocycles. The zero-order chi connectivity index (χ0) is 15.4. The first kappa shape index (κ1) is 14.4. The average Bonchev–Trinajstić information content (AvgIpc) is 2.48. The molecule has 7 heteroatoms. The van der Waals surface area contributed by atoms with Crippen molar-refractivity contribution < 1.29 is 18.8 Å². The Hall–Kier alpha value is -2.96. The van der Waals surface area contributed by atoms with Gasteiger partial charge in [0.1, 0.15) is 11.6 Å². The van der Waals surface area contributed by atoms with Crippen LogP contribution in [0.5, 0.6) is 0 Å². The number of nitrogens with one attached hydrogen (secondary N) is 1. The fraction of sp³-hybridized carbons (Fsp3) is 0. The van der Waals surface area contributed by atoms with Crippen molar-refractivity contribution in [2.75, 3.05) is 5.32 Å². The highest BCUT2D eigenvalue weighted by molar-refractivity contribution is 6.09. The first-order chi connectivity index (χ1) is 10.0. The van der Waals surface area contributed by atoms with Crippen LogP contribution in [-0.4, -0.2) is 17.0 Å². The Kier molecular flexibility index (Phi) is 4.13. The largest absolute Gasteiger partial charge is 0.409 e. The van der Waals surface area contributed by atoms with E-state index in [0.717, 1.165) is 24.3 Å². The second kappa shape index (κ2) is 6.00. The number of nitrogens with two attached hydrogens (primary N) is 1. The SMILES string of the molecule is N/C(=N/O)c1cc(F)ccc1NC(=O)c1ccc(F)cc1. The summed E-state index contributed by atoms with van der Waals surface area (Å²) in [6, 6.07) is 8.32. The van der Waals surface area contributed by atoms with Crippen molar-refractivity contribution in [3.05, 3.63) is 65.2 Å². The van der Waals surface area contributed by atoms with Crippen molar-refractivity contribution in [3.8, 4) is 0 Å². The Morgan fingerprint density at radius 3 is 2.33 bits per heavy atom. The first-order valence-corrected chi connectivity index (χ1v) is 5.85. The third-order valence-electron chi connectivity index (χ3n) is 2.72. The zero-order valence-corrected chi connectivity index (χ0v) is 10.7. The highest BCUT2D eigenvalue weighted by Gasteiger charge is 2.13. The molecular formula is C14H11F2N3O2. The minimum atomic E-state index is -0.601. The molecule has 0 spiro atoms. The number of amidine groups is 1. The minimum Gasteiger partial charge on any atom is -0.409 e. The molecule has 0 aliphatic heterocycles. The Morgan fingerprint density at radius 2 is 1.71 bits per heavy atom. The molecule has 2 rings (SSSR count). The zero-order valence-electron chi connectivity index (χ0n) is 10.7. The number of carbonyl (C=O) groups is 1. The molecule has 0 bridgehead atoms. The summed E-state index contributed by atoms with van der Waals surface area (Å²) >= 11 is 0. The van der Waals surface area contributed by atoms with E-state index in [0.29, 0.717) is 0 Å². The molecule has 4 N–H and O–H groups in total. The van der Waals surface area contributed by atoms with Gasteiger partial charge in [0.25, 0.3) is 5.91 Å². The smallest absolute Gasteiger partial charge is 0.255 e. The number of amides is 1. The molecule has 0 aliphatic rings. The number of oxime groups is 1. The lowest BCUT2D eigenvalue weighted by molar-refractivity contribution is 0.102. The van der Waals surface area contributed by atoms with Crippen LogP contribution in [0.15, 0.2) is 47.6 Å². The third kappa shape index (κ3) is 3.33. The van der Waals surface area contributed by atoms with Crippen LogP contribution in [0.3, 0.4) is 0 Å². The summed E-state index contributed by atoms with van der Waals surface area (Å²) in [5.41, 5.74) is 5.85. The van der Waals surface area contributed by atoms with Gasteiger partial charge in [0.05, 0.1) is 5.69 Å². The second-order valence-corrected chi connectivity index (χ2v) is 4.14. The summed E-state index contributed by atoms with van der Waals surface area (Å²) in [6.45, 7) is 0. The summed E-state index contributed by atoms with van der Waals surface area (Å²) in [5, 5.41) is 13.9. The summed E-state index contributed by atoms with van der Waals surface area (Å²) < 4.78 is 26.0. The number of anilines is 1. The van der Waals surface area contributed by atoms with Gasteiger partial charge in [-0.05, 0) is 42.5 Å². The molecule has 21 heavy (non-hydrogen) atoms. The molecule has 0 aromatic heterocycles. The predicted octanol–water partition coefficient (Wildman–Crippen LogP) is 2.31. The Morgan fingerprint density at radius 1 is 1.10 bits per heavy atom. The lowest BCUT2D eigenvalue weighted by Crippen LogP contribution is -2.19. The maximum absolute atomic E-state index is 13.2. The third-order valence-corrected chi connectivity index (χ3v) is 2.72. The normalized spacial score (nSPS) is 11.2. The standard InChI is InChI=1S/C14H11F2N3O2/c15-9-3-1-8(2-4-9)14(20)18-12-6-5-10(16)7-11(12)13(17)19-21/h1-7,21H,(H2,17,19)(H,18,20). The summed E-state index contributed by atoms with van der Waals surface area (Å²) in [5.74, 6) is -1.94. The van der Waals surface area contributed by atoms with Crippen LogP contribution in [-0.2, 0) is 0 Å². The monoisotopic (exact) mass is 291 g/mol. The molecule has 5 nitrogen and oxygen atoms in total. The molecule has 0 radical (unpaired) electrons. The van der Waals surface area contributed by atoms with Crippen LogP contribution in [0.1, 0.15) is 15.9 Å². The topological polar surface area (TPSA) is 87.7 Å². The summed E-state index contributed by atoms with van der Waals surface area (Å²) in [6.07, 6.45) is 0. The van der Waals surface area contributed by atoms with Gasteiger partial charge in [-0.2, -0.15) is 0 Å². The summed E-state index contributed by atoms with van der Waals surface area (Å²) in [7, 11) is 0. The van der Waals surface area contributed by atoms with E-state index in [2.05, 4.69) is 10.5 Å². The predicted molar refractivity (Wildman–Crippen MR) is 73.3 cm³/mol. The highest BCUT2D eigenvalue weighted by atomic mass is 19.1. The van der Waals surface area contributed by atoms with Crippen LogP contribution in [0.25, 0.3) is 0 Å². The van der Waals surface area contributed by atoms with Crippen LogP contribution >= 0.6 is 0 Å². The Balaban J connectivity index is 2.31. The average molecular weight is 291 g/mol. The van der Waals surface area contributed by atoms with Gasteiger partial charge in [-0.1, -0.05) is 5.16 Å². The number of benzene rings is 2. The molecule has 0 saturated heterocycles. The first-order valence-electron chi connectivity index (χ1n) is 5.85. The lowest BCUT2D eigenvalue weighted by Gasteiger charge is -2.10. The molecule has 0 unspecified atom stereocenters. The van der Waals surface area contributed by atoms with Crippen molar-refractivity contribution in [2.24, 2.45) is 10.9 Å². The van der Waals surface area contributed by atoms with Gasteiger partial charge < -0.3 is 16.3 Å². The molecule has 0 fully saturated rings. The van der Waals surface area contributed by atoms with E-state index in [-0.39, 0.29) is 22.6 Å². The van der Waals surface area contributed by atoms with Gasteiger partial charge in [-0.15, -0.1) is 0 Å². The van der Waals surface area contributed by atoms with E-state index in [4.69, 9.17) is 10.9 Å². The van der Waals surface area contributed by atoms with E-state index in [1.165, 1.54) is 18.2 Å². The van der Waals surface area contributed by atoms with Gasteiger partial charge >= 0.3 is 0 Å². The quantitative estimate of drug-likeness (QED) is 0.351. The van der Waals surface area contributed by atoms with Crippen LogP contribution in [0.4, 0.5) is 14.5 Å². The summed E-state index contributed by atoms with van der Waals surface area (Å²) in [4.78, 5) is 12.0. The number of rotatable bonds is 3. The van der Waals surface area contributed by atoms with Crippen molar-refractivity contribution in [1.29, 1.82) is 0 Å². The fourth-order valence-electron chi connectivity index (χ4n) is 1.69. The lowest BCUT2D eigenvalue weighted by atomic mass is 10.1. The van der Waals surface area contributed by atoms with Crippen molar-refractivity contribution in [3.63, 3.8) is 0 Å². The molecule has 108 valence electrons. The molecule has 2 aromatic carbocycles.